The third kappa shape index (κ3) is 3.18. The van der Waals surface area contributed by atoms with E-state index in [1.165, 1.54) is 18.4 Å². The molecule has 3 rings (SSSR count). The summed E-state index contributed by atoms with van der Waals surface area (Å²) in [6, 6.07) is 11.1. The van der Waals surface area contributed by atoms with Crippen molar-refractivity contribution in [2.24, 2.45) is 5.92 Å². The molecule has 1 aliphatic carbocycles. The Bertz CT molecular complexity index is 517. The molecule has 1 aromatic carbocycles. The summed E-state index contributed by atoms with van der Waals surface area (Å²) in [6.45, 7) is 2.74. The third-order valence-corrected chi connectivity index (χ3v) is 3.59. The van der Waals surface area contributed by atoms with Gasteiger partial charge < -0.3 is 5.32 Å². The lowest BCUT2D eigenvalue weighted by Gasteiger charge is -2.18. The zero-order valence-electron chi connectivity index (χ0n) is 11.2. The van der Waals surface area contributed by atoms with Crippen LogP contribution in [-0.2, 0) is 6.54 Å². The van der Waals surface area contributed by atoms with Crippen LogP contribution >= 0.6 is 0 Å². The molecule has 0 radical (unpaired) electrons. The second-order valence-electron chi connectivity index (χ2n) is 5.26. The lowest BCUT2D eigenvalue weighted by Crippen LogP contribution is -2.23. The molecule has 0 saturated heterocycles. The van der Waals surface area contributed by atoms with Gasteiger partial charge in [0.15, 0.2) is 0 Å². The Kier molecular flexibility index (Phi) is 3.56. The van der Waals surface area contributed by atoms with E-state index in [1.54, 1.807) is 0 Å². The monoisotopic (exact) mass is 253 g/mol. The molecular weight excluding hydrogens is 234 g/mol. The van der Waals surface area contributed by atoms with Gasteiger partial charge in [0.25, 0.3) is 0 Å². The topological polar surface area (TPSA) is 37.8 Å². The van der Waals surface area contributed by atoms with Crippen LogP contribution in [0.25, 0.3) is 0 Å². The van der Waals surface area contributed by atoms with Gasteiger partial charge >= 0.3 is 0 Å². The van der Waals surface area contributed by atoms with Gasteiger partial charge in [0.05, 0.1) is 11.4 Å². The molecule has 2 aromatic rings. The van der Waals surface area contributed by atoms with Crippen LogP contribution < -0.4 is 5.32 Å². The third-order valence-electron chi connectivity index (χ3n) is 3.59. The molecule has 3 heteroatoms. The van der Waals surface area contributed by atoms with E-state index in [9.17, 15) is 0 Å². The molecule has 1 aromatic heterocycles. The van der Waals surface area contributed by atoms with Gasteiger partial charge in [-0.25, -0.2) is 0 Å². The average Bonchev–Trinajstić information content (AvgIpc) is 3.27. The second kappa shape index (κ2) is 5.49. The standard InChI is InChI=1S/C16H19N3/c1-12-9-18-15(10-17-12)11-19-16(14-7-8-14)13-5-3-2-4-6-13/h2-6,9-10,14,16,19H,7-8,11H2,1H3. The summed E-state index contributed by atoms with van der Waals surface area (Å²) < 4.78 is 0. The first-order chi connectivity index (χ1) is 9.33. The first kappa shape index (κ1) is 12.3. The van der Waals surface area contributed by atoms with Gasteiger partial charge in [0.1, 0.15) is 0 Å². The van der Waals surface area contributed by atoms with Gasteiger partial charge in [0, 0.05) is 25.0 Å². The van der Waals surface area contributed by atoms with Crippen molar-refractivity contribution in [1.29, 1.82) is 0 Å². The van der Waals surface area contributed by atoms with E-state index in [1.807, 2.05) is 19.3 Å². The maximum Gasteiger partial charge on any atom is 0.0724 e. The summed E-state index contributed by atoms with van der Waals surface area (Å²) in [6.07, 6.45) is 6.33. The summed E-state index contributed by atoms with van der Waals surface area (Å²) in [5.41, 5.74) is 3.35. The molecular formula is C16H19N3. The van der Waals surface area contributed by atoms with Gasteiger partial charge in [-0.1, -0.05) is 30.3 Å². The highest BCUT2D eigenvalue weighted by molar-refractivity contribution is 5.21. The van der Waals surface area contributed by atoms with Crippen molar-refractivity contribution in [1.82, 2.24) is 15.3 Å². The molecule has 98 valence electrons. The molecule has 1 atom stereocenters. The van der Waals surface area contributed by atoms with Crippen LogP contribution in [0.15, 0.2) is 42.7 Å². The molecule has 0 amide bonds. The predicted octanol–water partition coefficient (Wildman–Crippen LogP) is 3.03. The molecule has 3 nitrogen and oxygen atoms in total. The molecule has 1 aliphatic rings. The molecule has 1 unspecified atom stereocenters. The van der Waals surface area contributed by atoms with E-state index in [0.717, 1.165) is 23.9 Å². The lowest BCUT2D eigenvalue weighted by molar-refractivity contribution is 0.476. The van der Waals surface area contributed by atoms with Crippen LogP contribution in [0.1, 0.15) is 35.8 Å². The van der Waals surface area contributed by atoms with E-state index in [2.05, 4.69) is 45.6 Å². The number of rotatable bonds is 5. The van der Waals surface area contributed by atoms with Crippen molar-refractivity contribution in [3.05, 3.63) is 59.7 Å². The first-order valence-electron chi connectivity index (χ1n) is 6.89. The molecule has 1 N–H and O–H groups in total. The Balaban J connectivity index is 1.67. The van der Waals surface area contributed by atoms with Crippen LogP contribution in [0, 0.1) is 12.8 Å². The Morgan fingerprint density at radius 1 is 1.16 bits per heavy atom. The van der Waals surface area contributed by atoms with E-state index in [4.69, 9.17) is 0 Å². The van der Waals surface area contributed by atoms with Crippen molar-refractivity contribution in [2.45, 2.75) is 32.4 Å². The molecule has 0 spiro atoms. The van der Waals surface area contributed by atoms with Gasteiger partial charge in [-0.2, -0.15) is 0 Å². The number of aromatic nitrogens is 2. The fourth-order valence-electron chi connectivity index (χ4n) is 2.37. The van der Waals surface area contributed by atoms with E-state index >= 15 is 0 Å². The van der Waals surface area contributed by atoms with Crippen LogP contribution in [0.2, 0.25) is 0 Å². The molecule has 1 fully saturated rings. The second-order valence-corrected chi connectivity index (χ2v) is 5.26. The van der Waals surface area contributed by atoms with Gasteiger partial charge in [0.2, 0.25) is 0 Å². The average molecular weight is 253 g/mol. The highest BCUT2D eigenvalue weighted by Gasteiger charge is 2.31. The fraction of sp³-hybridized carbons (Fsp3) is 0.375. The summed E-state index contributed by atoms with van der Waals surface area (Å²) >= 11 is 0. The maximum atomic E-state index is 4.40. The molecule has 19 heavy (non-hydrogen) atoms. The van der Waals surface area contributed by atoms with Crippen molar-refractivity contribution in [2.75, 3.05) is 0 Å². The zero-order valence-corrected chi connectivity index (χ0v) is 11.2. The minimum absolute atomic E-state index is 0.448. The predicted molar refractivity (Wildman–Crippen MR) is 75.5 cm³/mol. The van der Waals surface area contributed by atoms with Crippen molar-refractivity contribution in [3.8, 4) is 0 Å². The van der Waals surface area contributed by atoms with Crippen LogP contribution in [-0.4, -0.2) is 9.97 Å². The number of hydrogen-bond donors (Lipinski definition) is 1. The molecule has 1 heterocycles. The maximum absolute atomic E-state index is 4.40. The fourth-order valence-corrected chi connectivity index (χ4v) is 2.37. The minimum atomic E-state index is 0.448. The van der Waals surface area contributed by atoms with Crippen LogP contribution in [0.5, 0.6) is 0 Å². The first-order valence-corrected chi connectivity index (χ1v) is 6.89. The molecule has 0 bridgehead atoms. The number of nitrogens with one attached hydrogen (secondary N) is 1. The SMILES string of the molecule is Cc1cnc(CNC(c2ccccc2)C2CC2)cn1. The Morgan fingerprint density at radius 3 is 2.58 bits per heavy atom. The summed E-state index contributed by atoms with van der Waals surface area (Å²) in [7, 11) is 0. The smallest absolute Gasteiger partial charge is 0.0724 e. The molecule has 1 saturated carbocycles. The Hall–Kier alpha value is -1.74. The highest BCUT2D eigenvalue weighted by atomic mass is 15.0. The quantitative estimate of drug-likeness (QED) is 0.890. The van der Waals surface area contributed by atoms with E-state index < -0.39 is 0 Å². The van der Waals surface area contributed by atoms with Gasteiger partial charge in [-0.3, -0.25) is 9.97 Å². The number of aryl methyl sites for hydroxylation is 1. The largest absolute Gasteiger partial charge is 0.304 e. The van der Waals surface area contributed by atoms with Crippen molar-refractivity contribution < 1.29 is 0 Å². The van der Waals surface area contributed by atoms with E-state index in [-0.39, 0.29) is 0 Å². The molecule has 0 aliphatic heterocycles. The van der Waals surface area contributed by atoms with Crippen molar-refractivity contribution >= 4 is 0 Å². The van der Waals surface area contributed by atoms with Crippen LogP contribution in [0.3, 0.4) is 0 Å². The number of nitrogens with zero attached hydrogens (tertiary/aromatic N) is 2. The summed E-state index contributed by atoms with van der Waals surface area (Å²) in [5, 5.41) is 3.63. The Labute approximate surface area is 114 Å². The number of hydrogen-bond acceptors (Lipinski definition) is 3. The van der Waals surface area contributed by atoms with E-state index in [0.29, 0.717) is 6.04 Å². The summed E-state index contributed by atoms with van der Waals surface area (Å²) in [4.78, 5) is 8.69. The highest BCUT2D eigenvalue weighted by Crippen LogP contribution is 2.40. The zero-order chi connectivity index (χ0) is 13.1. The van der Waals surface area contributed by atoms with Crippen LogP contribution in [0.4, 0.5) is 0 Å². The minimum Gasteiger partial charge on any atom is -0.304 e. The lowest BCUT2D eigenvalue weighted by atomic mass is 10.0. The van der Waals surface area contributed by atoms with Crippen molar-refractivity contribution in [3.63, 3.8) is 0 Å². The number of benzene rings is 1. The normalized spacial score (nSPS) is 16.3. The van der Waals surface area contributed by atoms with Gasteiger partial charge in [-0.05, 0) is 31.2 Å². The van der Waals surface area contributed by atoms with Gasteiger partial charge in [-0.15, -0.1) is 0 Å². The summed E-state index contributed by atoms with van der Waals surface area (Å²) in [5.74, 6) is 0.779. The Morgan fingerprint density at radius 2 is 1.95 bits per heavy atom.